The van der Waals surface area contributed by atoms with E-state index in [0.717, 1.165) is 0 Å². The van der Waals surface area contributed by atoms with E-state index in [9.17, 15) is 14.4 Å². The molecule has 1 heterocycles. The van der Waals surface area contributed by atoms with Crippen molar-refractivity contribution in [2.45, 2.75) is 31.2 Å². The molecule has 1 atom stereocenters. The largest absolute Gasteiger partial charge is 0.325 e. The van der Waals surface area contributed by atoms with E-state index in [4.69, 9.17) is 0 Å². The highest BCUT2D eigenvalue weighted by Gasteiger charge is 2.16. The SMILES string of the molecule is CC(=O)c1ccc(NC(=O)[C@@H](C)Sc2nc(C)cc(=O)[nH]2)cc1. The second-order valence-corrected chi connectivity index (χ2v) is 6.40. The summed E-state index contributed by atoms with van der Waals surface area (Å²) in [6.07, 6.45) is 0. The van der Waals surface area contributed by atoms with Gasteiger partial charge in [-0.2, -0.15) is 0 Å². The maximum Gasteiger partial charge on any atom is 0.251 e. The highest BCUT2D eigenvalue weighted by atomic mass is 32.2. The van der Waals surface area contributed by atoms with Gasteiger partial charge in [0, 0.05) is 23.0 Å². The van der Waals surface area contributed by atoms with Gasteiger partial charge >= 0.3 is 0 Å². The average Bonchev–Trinajstić information content (AvgIpc) is 2.46. The van der Waals surface area contributed by atoms with Crippen LogP contribution in [0.3, 0.4) is 0 Å². The monoisotopic (exact) mass is 331 g/mol. The summed E-state index contributed by atoms with van der Waals surface area (Å²) in [6.45, 7) is 4.94. The fourth-order valence-corrected chi connectivity index (χ4v) is 2.72. The number of rotatable bonds is 5. The molecule has 0 aliphatic rings. The predicted molar refractivity (Wildman–Crippen MR) is 90.0 cm³/mol. The number of carbonyl (C=O) groups excluding carboxylic acids is 2. The van der Waals surface area contributed by atoms with Gasteiger partial charge in [0.1, 0.15) is 0 Å². The Labute approximate surface area is 137 Å². The lowest BCUT2D eigenvalue weighted by molar-refractivity contribution is -0.115. The van der Waals surface area contributed by atoms with Crippen LogP contribution in [-0.2, 0) is 4.79 Å². The van der Waals surface area contributed by atoms with Crippen molar-refractivity contribution in [3.8, 4) is 0 Å². The molecule has 0 radical (unpaired) electrons. The Morgan fingerprint density at radius 3 is 2.48 bits per heavy atom. The number of nitrogens with zero attached hydrogens (tertiary/aromatic N) is 1. The van der Waals surface area contributed by atoms with Crippen LogP contribution in [0.1, 0.15) is 29.9 Å². The number of ketones is 1. The standard InChI is InChI=1S/C16H17N3O3S/c1-9-8-14(21)19-16(17-9)23-11(3)15(22)18-13-6-4-12(5-7-13)10(2)20/h4-8,11H,1-3H3,(H,18,22)(H,17,19,21)/t11-/m1/s1. The van der Waals surface area contributed by atoms with Crippen LogP contribution in [0.2, 0.25) is 0 Å². The van der Waals surface area contributed by atoms with Gasteiger partial charge in [0.05, 0.1) is 5.25 Å². The number of Topliss-reactive ketones (excluding diaryl/α,β-unsaturated/α-hetero) is 1. The molecule has 6 nitrogen and oxygen atoms in total. The van der Waals surface area contributed by atoms with Crippen LogP contribution in [-0.4, -0.2) is 26.9 Å². The molecule has 0 fully saturated rings. The lowest BCUT2D eigenvalue weighted by Crippen LogP contribution is -2.23. The zero-order valence-corrected chi connectivity index (χ0v) is 13.9. The van der Waals surface area contributed by atoms with Crippen molar-refractivity contribution in [2.75, 3.05) is 5.32 Å². The van der Waals surface area contributed by atoms with Crippen LogP contribution in [0.4, 0.5) is 5.69 Å². The summed E-state index contributed by atoms with van der Waals surface area (Å²) in [5.74, 6) is -0.240. The number of amides is 1. The Bertz CT molecular complexity index is 784. The Kier molecular flexibility index (Phi) is 5.33. The van der Waals surface area contributed by atoms with Crippen LogP contribution >= 0.6 is 11.8 Å². The van der Waals surface area contributed by atoms with Gasteiger partial charge in [-0.05, 0) is 45.0 Å². The quantitative estimate of drug-likeness (QED) is 0.499. The van der Waals surface area contributed by atoms with Gasteiger partial charge in [-0.3, -0.25) is 14.4 Å². The number of aromatic nitrogens is 2. The molecule has 2 rings (SSSR count). The van der Waals surface area contributed by atoms with Gasteiger partial charge in [-0.15, -0.1) is 0 Å². The van der Waals surface area contributed by atoms with Crippen molar-refractivity contribution in [1.82, 2.24) is 9.97 Å². The molecule has 0 bridgehead atoms. The number of aryl methyl sites for hydroxylation is 1. The zero-order chi connectivity index (χ0) is 17.0. The first kappa shape index (κ1) is 17.0. The van der Waals surface area contributed by atoms with Crippen molar-refractivity contribution in [3.05, 3.63) is 51.9 Å². The molecule has 1 aromatic carbocycles. The van der Waals surface area contributed by atoms with Crippen molar-refractivity contribution in [1.29, 1.82) is 0 Å². The topological polar surface area (TPSA) is 91.9 Å². The van der Waals surface area contributed by atoms with E-state index in [1.807, 2.05) is 0 Å². The van der Waals surface area contributed by atoms with E-state index in [1.54, 1.807) is 38.1 Å². The maximum absolute atomic E-state index is 12.2. The van der Waals surface area contributed by atoms with E-state index in [1.165, 1.54) is 24.8 Å². The molecular formula is C16H17N3O3S. The highest BCUT2D eigenvalue weighted by Crippen LogP contribution is 2.20. The summed E-state index contributed by atoms with van der Waals surface area (Å²) in [5.41, 5.74) is 1.56. The third-order valence-corrected chi connectivity index (χ3v) is 4.05. The Morgan fingerprint density at radius 1 is 1.26 bits per heavy atom. The summed E-state index contributed by atoms with van der Waals surface area (Å²) in [5, 5.41) is 2.74. The molecule has 7 heteroatoms. The predicted octanol–water partition coefficient (Wildman–Crippen LogP) is 2.40. The summed E-state index contributed by atoms with van der Waals surface area (Å²) in [6, 6.07) is 8.08. The molecule has 0 saturated carbocycles. The van der Waals surface area contributed by atoms with Gasteiger partial charge in [0.2, 0.25) is 5.91 Å². The number of carbonyl (C=O) groups is 2. The first-order valence-corrected chi connectivity index (χ1v) is 7.89. The number of H-pyrrole nitrogens is 1. The number of anilines is 1. The van der Waals surface area contributed by atoms with E-state index < -0.39 is 5.25 Å². The molecule has 2 N–H and O–H groups in total. The molecule has 2 aromatic rings. The number of hydrogen-bond acceptors (Lipinski definition) is 5. The minimum absolute atomic E-state index is 0.0266. The van der Waals surface area contributed by atoms with Crippen LogP contribution in [0.25, 0.3) is 0 Å². The maximum atomic E-state index is 12.2. The molecule has 0 aliphatic heterocycles. The Morgan fingerprint density at radius 2 is 1.91 bits per heavy atom. The molecule has 1 amide bonds. The average molecular weight is 331 g/mol. The van der Waals surface area contributed by atoms with Gasteiger partial charge in [-0.1, -0.05) is 11.8 Å². The van der Waals surface area contributed by atoms with Crippen molar-refractivity contribution < 1.29 is 9.59 Å². The minimum Gasteiger partial charge on any atom is -0.325 e. The third kappa shape index (κ3) is 4.79. The summed E-state index contributed by atoms with van der Waals surface area (Å²) in [7, 11) is 0. The zero-order valence-electron chi connectivity index (χ0n) is 13.0. The first-order chi connectivity index (χ1) is 10.8. The normalized spacial score (nSPS) is 11.8. The molecule has 120 valence electrons. The number of nitrogens with one attached hydrogen (secondary N) is 2. The first-order valence-electron chi connectivity index (χ1n) is 7.01. The smallest absolute Gasteiger partial charge is 0.251 e. The van der Waals surface area contributed by atoms with Gasteiger partial charge in [-0.25, -0.2) is 4.98 Å². The van der Waals surface area contributed by atoms with Crippen LogP contribution in [0.5, 0.6) is 0 Å². The van der Waals surface area contributed by atoms with Gasteiger partial charge in [0.25, 0.3) is 5.56 Å². The molecular weight excluding hydrogens is 314 g/mol. The lowest BCUT2D eigenvalue weighted by atomic mass is 10.1. The minimum atomic E-state index is -0.438. The fourth-order valence-electron chi connectivity index (χ4n) is 1.86. The summed E-state index contributed by atoms with van der Waals surface area (Å²) < 4.78 is 0. The molecule has 0 saturated heterocycles. The third-order valence-electron chi connectivity index (χ3n) is 3.06. The second-order valence-electron chi connectivity index (χ2n) is 5.07. The molecule has 0 spiro atoms. The lowest BCUT2D eigenvalue weighted by Gasteiger charge is -2.11. The Hall–Kier alpha value is -2.41. The van der Waals surface area contributed by atoms with E-state index in [2.05, 4.69) is 15.3 Å². The number of hydrogen-bond donors (Lipinski definition) is 2. The Balaban J connectivity index is 2.02. The molecule has 0 unspecified atom stereocenters. The molecule has 1 aromatic heterocycles. The van der Waals surface area contributed by atoms with Gasteiger partial charge in [0.15, 0.2) is 10.9 Å². The van der Waals surface area contributed by atoms with Crippen LogP contribution < -0.4 is 10.9 Å². The van der Waals surface area contributed by atoms with E-state index in [0.29, 0.717) is 22.1 Å². The van der Waals surface area contributed by atoms with E-state index >= 15 is 0 Å². The molecule has 0 aliphatic carbocycles. The van der Waals surface area contributed by atoms with E-state index in [-0.39, 0.29) is 17.2 Å². The summed E-state index contributed by atoms with van der Waals surface area (Å²) in [4.78, 5) is 41.6. The van der Waals surface area contributed by atoms with Crippen molar-refractivity contribution in [2.24, 2.45) is 0 Å². The highest BCUT2D eigenvalue weighted by molar-refractivity contribution is 8.00. The van der Waals surface area contributed by atoms with Crippen LogP contribution in [0, 0.1) is 6.92 Å². The van der Waals surface area contributed by atoms with Crippen LogP contribution in [0.15, 0.2) is 40.3 Å². The number of thioether (sulfide) groups is 1. The van der Waals surface area contributed by atoms with Gasteiger partial charge < -0.3 is 10.3 Å². The number of aromatic amines is 1. The van der Waals surface area contributed by atoms with Crippen molar-refractivity contribution in [3.63, 3.8) is 0 Å². The number of benzene rings is 1. The second kappa shape index (κ2) is 7.23. The molecule has 23 heavy (non-hydrogen) atoms. The fraction of sp³-hybridized carbons (Fsp3) is 0.250. The summed E-state index contributed by atoms with van der Waals surface area (Å²) >= 11 is 1.17. The van der Waals surface area contributed by atoms with Crippen molar-refractivity contribution >= 4 is 29.1 Å².